The van der Waals surface area contributed by atoms with Crippen molar-refractivity contribution in [3.8, 4) is 0 Å². The summed E-state index contributed by atoms with van der Waals surface area (Å²) in [6.07, 6.45) is 5.06. The van der Waals surface area contributed by atoms with Crippen LogP contribution in [0.1, 0.15) is 57.2 Å². The maximum absolute atomic E-state index is 3.84. The summed E-state index contributed by atoms with van der Waals surface area (Å²) in [5.41, 5.74) is 3.08. The Labute approximate surface area is 106 Å². The Morgan fingerprint density at radius 2 is 1.94 bits per heavy atom. The van der Waals surface area contributed by atoms with E-state index in [0.29, 0.717) is 12.1 Å². The average Bonchev–Trinajstić information content (AvgIpc) is 2.74. The molecule has 1 aliphatic rings. The van der Waals surface area contributed by atoms with Crippen molar-refractivity contribution in [2.75, 3.05) is 0 Å². The van der Waals surface area contributed by atoms with E-state index in [4.69, 9.17) is 0 Å². The zero-order valence-electron chi connectivity index (χ0n) is 11.4. The van der Waals surface area contributed by atoms with Crippen LogP contribution in [0.25, 0.3) is 0 Å². The zero-order chi connectivity index (χ0) is 12.3. The third-order valence-corrected chi connectivity index (χ3v) is 4.35. The molecule has 1 aliphatic carbocycles. The Balaban J connectivity index is 2.02. The number of aryl methyl sites for hydroxylation is 1. The van der Waals surface area contributed by atoms with Crippen LogP contribution in [0.15, 0.2) is 24.3 Å². The second kappa shape index (κ2) is 5.68. The molecule has 2 atom stereocenters. The molecule has 94 valence electrons. The summed E-state index contributed by atoms with van der Waals surface area (Å²) in [7, 11) is 0. The van der Waals surface area contributed by atoms with Crippen LogP contribution in [0.2, 0.25) is 0 Å². The van der Waals surface area contributed by atoms with Crippen molar-refractivity contribution in [2.24, 2.45) is 5.92 Å². The van der Waals surface area contributed by atoms with E-state index < -0.39 is 0 Å². The minimum absolute atomic E-state index is 0.585. The lowest BCUT2D eigenvalue weighted by Gasteiger charge is -2.26. The number of nitrogens with one attached hydrogen (secondary N) is 1. The van der Waals surface area contributed by atoms with Gasteiger partial charge in [-0.15, -0.1) is 0 Å². The molecule has 0 saturated heterocycles. The van der Waals surface area contributed by atoms with Crippen molar-refractivity contribution in [3.05, 3.63) is 35.4 Å². The predicted molar refractivity (Wildman–Crippen MR) is 74.2 cm³/mol. The molecule has 0 radical (unpaired) electrons. The van der Waals surface area contributed by atoms with Crippen LogP contribution in [0, 0.1) is 5.92 Å². The van der Waals surface area contributed by atoms with E-state index in [1.54, 1.807) is 5.56 Å². The molecule has 2 unspecified atom stereocenters. The first-order chi connectivity index (χ1) is 8.26. The number of hydrogen-bond acceptors (Lipinski definition) is 1. The van der Waals surface area contributed by atoms with Crippen LogP contribution in [0.4, 0.5) is 0 Å². The Morgan fingerprint density at radius 3 is 2.65 bits per heavy atom. The molecule has 0 spiro atoms. The summed E-state index contributed by atoms with van der Waals surface area (Å²) in [5.74, 6) is 0.808. The Kier molecular flexibility index (Phi) is 4.22. The van der Waals surface area contributed by atoms with Gasteiger partial charge in [-0.05, 0) is 36.8 Å². The van der Waals surface area contributed by atoms with Crippen LogP contribution in [0.3, 0.4) is 0 Å². The van der Waals surface area contributed by atoms with Crippen molar-refractivity contribution in [3.63, 3.8) is 0 Å². The predicted octanol–water partition coefficient (Wildman–Crippen LogP) is 4.09. The van der Waals surface area contributed by atoms with Gasteiger partial charge in [0.25, 0.3) is 0 Å². The van der Waals surface area contributed by atoms with Gasteiger partial charge in [-0.3, -0.25) is 0 Å². The molecule has 0 bridgehead atoms. The third kappa shape index (κ3) is 2.71. The van der Waals surface area contributed by atoms with E-state index >= 15 is 0 Å². The topological polar surface area (TPSA) is 12.0 Å². The van der Waals surface area contributed by atoms with Gasteiger partial charge >= 0.3 is 0 Å². The molecule has 0 aromatic heterocycles. The van der Waals surface area contributed by atoms with Crippen molar-refractivity contribution >= 4 is 0 Å². The highest BCUT2D eigenvalue weighted by atomic mass is 15.0. The van der Waals surface area contributed by atoms with Crippen LogP contribution in [-0.4, -0.2) is 6.04 Å². The van der Waals surface area contributed by atoms with Crippen molar-refractivity contribution < 1.29 is 0 Å². The van der Waals surface area contributed by atoms with Crippen LogP contribution in [0.5, 0.6) is 0 Å². The molecule has 1 heteroatoms. The van der Waals surface area contributed by atoms with Gasteiger partial charge in [-0.2, -0.15) is 0 Å². The second-order valence-corrected chi connectivity index (χ2v) is 5.32. The highest BCUT2D eigenvalue weighted by Gasteiger charge is 2.24. The molecule has 1 aromatic carbocycles. The molecule has 0 aliphatic heterocycles. The summed E-state index contributed by atoms with van der Waals surface area (Å²) >= 11 is 0. The van der Waals surface area contributed by atoms with Gasteiger partial charge in [0.15, 0.2) is 0 Å². The fourth-order valence-electron chi connectivity index (χ4n) is 3.18. The zero-order valence-corrected chi connectivity index (χ0v) is 11.4. The van der Waals surface area contributed by atoms with Gasteiger partial charge in [0.1, 0.15) is 0 Å². The van der Waals surface area contributed by atoms with Crippen molar-refractivity contribution in [1.82, 2.24) is 5.32 Å². The van der Waals surface area contributed by atoms with Gasteiger partial charge in [0.05, 0.1) is 0 Å². The first-order valence-electron chi connectivity index (χ1n) is 7.10. The van der Waals surface area contributed by atoms with Gasteiger partial charge in [0, 0.05) is 12.1 Å². The number of hydrogen-bond donors (Lipinski definition) is 1. The van der Waals surface area contributed by atoms with Crippen molar-refractivity contribution in [1.29, 1.82) is 0 Å². The smallest absolute Gasteiger partial charge is 0.0328 e. The van der Waals surface area contributed by atoms with Gasteiger partial charge in [0.2, 0.25) is 0 Å². The maximum atomic E-state index is 3.84. The number of benzene rings is 1. The molecule has 2 rings (SSSR count). The fraction of sp³-hybridized carbons (Fsp3) is 0.625. The number of rotatable bonds is 5. The fourth-order valence-corrected chi connectivity index (χ4v) is 3.18. The van der Waals surface area contributed by atoms with Gasteiger partial charge in [-0.25, -0.2) is 0 Å². The molecule has 1 N–H and O–H groups in total. The second-order valence-electron chi connectivity index (χ2n) is 5.32. The van der Waals surface area contributed by atoms with E-state index in [0.717, 1.165) is 5.92 Å². The minimum Gasteiger partial charge on any atom is -0.307 e. The van der Waals surface area contributed by atoms with Crippen LogP contribution >= 0.6 is 0 Å². The van der Waals surface area contributed by atoms with E-state index in [-0.39, 0.29) is 0 Å². The van der Waals surface area contributed by atoms with Crippen LogP contribution < -0.4 is 5.32 Å². The summed E-state index contributed by atoms with van der Waals surface area (Å²) in [6, 6.07) is 10.1. The largest absolute Gasteiger partial charge is 0.307 e. The molecule has 0 fully saturated rings. The van der Waals surface area contributed by atoms with Crippen molar-refractivity contribution in [2.45, 2.75) is 58.5 Å². The van der Waals surface area contributed by atoms with E-state index in [1.165, 1.54) is 31.2 Å². The summed E-state index contributed by atoms with van der Waals surface area (Å²) < 4.78 is 0. The Bertz CT molecular complexity index is 354. The van der Waals surface area contributed by atoms with Gasteiger partial charge in [-0.1, -0.05) is 51.0 Å². The summed E-state index contributed by atoms with van der Waals surface area (Å²) in [5, 5.41) is 3.84. The minimum atomic E-state index is 0.585. The highest BCUT2D eigenvalue weighted by molar-refractivity contribution is 5.34. The lowest BCUT2D eigenvalue weighted by atomic mass is 9.94. The lowest BCUT2D eigenvalue weighted by Crippen LogP contribution is -2.35. The number of fused-ring (bicyclic) bond motifs is 1. The normalized spacial score (nSPS) is 20.6. The monoisotopic (exact) mass is 231 g/mol. The van der Waals surface area contributed by atoms with E-state index in [2.05, 4.69) is 50.4 Å². The first kappa shape index (κ1) is 12.6. The van der Waals surface area contributed by atoms with E-state index in [1.807, 2.05) is 0 Å². The highest BCUT2D eigenvalue weighted by Crippen LogP contribution is 2.31. The quantitative estimate of drug-likeness (QED) is 0.805. The Hall–Kier alpha value is -0.820. The molecule has 1 nitrogen and oxygen atoms in total. The first-order valence-corrected chi connectivity index (χ1v) is 7.10. The standard InChI is InChI=1S/C16H25N/c1-4-13(5-2)12(3)17-16-11-10-14-8-6-7-9-15(14)16/h6-9,12-13,16-17H,4-5,10-11H2,1-3H3. The van der Waals surface area contributed by atoms with Crippen LogP contribution in [-0.2, 0) is 6.42 Å². The maximum Gasteiger partial charge on any atom is 0.0328 e. The lowest BCUT2D eigenvalue weighted by molar-refractivity contribution is 0.322. The summed E-state index contributed by atoms with van der Waals surface area (Å²) in [6.45, 7) is 6.95. The molecular formula is C16H25N. The van der Waals surface area contributed by atoms with Gasteiger partial charge < -0.3 is 5.32 Å². The molecule has 0 heterocycles. The third-order valence-electron chi connectivity index (χ3n) is 4.35. The molecular weight excluding hydrogens is 206 g/mol. The molecule has 17 heavy (non-hydrogen) atoms. The molecule has 0 saturated carbocycles. The van der Waals surface area contributed by atoms with E-state index in [9.17, 15) is 0 Å². The molecule has 0 amide bonds. The Morgan fingerprint density at radius 1 is 1.24 bits per heavy atom. The summed E-state index contributed by atoms with van der Waals surface area (Å²) in [4.78, 5) is 0. The molecule has 1 aromatic rings. The SMILES string of the molecule is CCC(CC)C(C)NC1CCc2ccccc21. The average molecular weight is 231 g/mol.